The molecule has 0 spiro atoms. The third-order valence-electron chi connectivity index (χ3n) is 10.3. The van der Waals surface area contributed by atoms with Gasteiger partial charge in [-0.25, -0.2) is 0 Å². The number of hydrogen-bond donors (Lipinski definition) is 0. The number of para-hydroxylation sites is 1. The Bertz CT molecular complexity index is 2660. The Balaban J connectivity index is 1.19. The van der Waals surface area contributed by atoms with Gasteiger partial charge in [-0.2, -0.15) is 0 Å². The highest BCUT2D eigenvalue weighted by molar-refractivity contribution is 5.97. The largest absolute Gasteiger partial charge is 0.310 e. The first-order chi connectivity index (χ1) is 27.3. The van der Waals surface area contributed by atoms with Crippen molar-refractivity contribution < 1.29 is 0 Å². The molecule has 0 bridgehead atoms. The van der Waals surface area contributed by atoms with E-state index < -0.39 is 0 Å². The summed E-state index contributed by atoms with van der Waals surface area (Å²) in [6, 6.07) is 84.9. The molecular weight excluding hydrogens is 663 g/mol. The quantitative estimate of drug-likeness (QED) is 0.145. The van der Waals surface area contributed by atoms with Gasteiger partial charge in [0.25, 0.3) is 0 Å². The Morgan fingerprint density at radius 2 is 0.455 bits per heavy atom. The zero-order valence-corrected chi connectivity index (χ0v) is 30.5. The predicted octanol–water partition coefficient (Wildman–Crippen LogP) is 15.2. The number of rotatable bonds is 9. The summed E-state index contributed by atoms with van der Waals surface area (Å²) >= 11 is 0. The second-order valence-electron chi connectivity index (χ2n) is 13.7. The Hall–Kier alpha value is -7.22. The van der Waals surface area contributed by atoms with Crippen molar-refractivity contribution in [1.29, 1.82) is 0 Å². The molecule has 0 amide bonds. The fourth-order valence-electron chi connectivity index (χ4n) is 7.69. The van der Waals surface area contributed by atoms with Crippen molar-refractivity contribution in [1.82, 2.24) is 0 Å². The Kier molecular flexibility index (Phi) is 9.41. The summed E-state index contributed by atoms with van der Waals surface area (Å²) < 4.78 is 0. The molecule has 55 heavy (non-hydrogen) atoms. The van der Waals surface area contributed by atoms with Crippen LogP contribution in [0, 0.1) is 0 Å². The van der Waals surface area contributed by atoms with Crippen molar-refractivity contribution >= 4 is 17.1 Å². The van der Waals surface area contributed by atoms with Crippen LogP contribution in [0.5, 0.6) is 0 Å². The molecule has 0 atom stereocenters. The summed E-state index contributed by atoms with van der Waals surface area (Å²) in [7, 11) is 0. The zero-order chi connectivity index (χ0) is 36.8. The van der Waals surface area contributed by atoms with Crippen molar-refractivity contribution in [2.75, 3.05) is 4.90 Å². The highest BCUT2D eigenvalue weighted by Crippen LogP contribution is 2.46. The van der Waals surface area contributed by atoms with E-state index in [1.54, 1.807) is 0 Å². The van der Waals surface area contributed by atoms with E-state index in [2.05, 4.69) is 241 Å². The van der Waals surface area contributed by atoms with Gasteiger partial charge < -0.3 is 4.90 Å². The standard InChI is InChI=1S/C54H39N/c1-4-18-40(19-5-1)41-32-36-45(37-33-41)55(46-38-34-44(35-39-46)48-25-11-10-24-47(48)42-20-6-2-7-21-42)54-31-17-16-30-53(54)52-29-15-14-28-51(52)50-27-13-12-26-49(50)43-22-8-3-9-23-43/h1-39H. The second-order valence-corrected chi connectivity index (χ2v) is 13.7. The van der Waals surface area contributed by atoms with E-state index in [0.717, 1.165) is 22.6 Å². The molecule has 1 nitrogen and oxygen atoms in total. The van der Waals surface area contributed by atoms with E-state index in [1.165, 1.54) is 61.2 Å². The molecule has 0 radical (unpaired) electrons. The monoisotopic (exact) mass is 701 g/mol. The van der Waals surface area contributed by atoms with Gasteiger partial charge in [0.15, 0.2) is 0 Å². The zero-order valence-electron chi connectivity index (χ0n) is 30.5. The topological polar surface area (TPSA) is 3.24 Å². The number of hydrogen-bond acceptors (Lipinski definition) is 1. The van der Waals surface area contributed by atoms with Gasteiger partial charge in [-0.15, -0.1) is 0 Å². The van der Waals surface area contributed by atoms with Gasteiger partial charge in [-0.3, -0.25) is 0 Å². The molecule has 0 saturated carbocycles. The summed E-state index contributed by atoms with van der Waals surface area (Å²) in [5, 5.41) is 0. The first-order valence-corrected chi connectivity index (χ1v) is 18.9. The first-order valence-electron chi connectivity index (χ1n) is 18.9. The van der Waals surface area contributed by atoms with Crippen LogP contribution in [0.15, 0.2) is 237 Å². The van der Waals surface area contributed by atoms with Crippen molar-refractivity contribution in [3.63, 3.8) is 0 Å². The molecule has 0 aliphatic rings. The van der Waals surface area contributed by atoms with Gasteiger partial charge in [0.1, 0.15) is 0 Å². The van der Waals surface area contributed by atoms with Crippen molar-refractivity contribution in [3.8, 4) is 66.8 Å². The van der Waals surface area contributed by atoms with E-state index >= 15 is 0 Å². The van der Waals surface area contributed by atoms with Gasteiger partial charge in [0.2, 0.25) is 0 Å². The number of anilines is 3. The van der Waals surface area contributed by atoms with Gasteiger partial charge in [0, 0.05) is 16.9 Å². The lowest BCUT2D eigenvalue weighted by Gasteiger charge is -2.29. The normalized spacial score (nSPS) is 10.9. The van der Waals surface area contributed by atoms with Crippen LogP contribution >= 0.6 is 0 Å². The minimum Gasteiger partial charge on any atom is -0.310 e. The van der Waals surface area contributed by atoms with E-state index in [4.69, 9.17) is 0 Å². The van der Waals surface area contributed by atoms with Crippen LogP contribution in [0.3, 0.4) is 0 Å². The van der Waals surface area contributed by atoms with Crippen LogP contribution in [0.2, 0.25) is 0 Å². The molecule has 0 fully saturated rings. The smallest absolute Gasteiger partial charge is 0.0540 e. The second kappa shape index (κ2) is 15.4. The summed E-state index contributed by atoms with van der Waals surface area (Å²) in [6.45, 7) is 0. The molecule has 0 saturated heterocycles. The lowest BCUT2D eigenvalue weighted by molar-refractivity contribution is 1.28. The lowest BCUT2D eigenvalue weighted by Crippen LogP contribution is -2.11. The van der Waals surface area contributed by atoms with E-state index in [0.29, 0.717) is 0 Å². The minimum absolute atomic E-state index is 1.09. The van der Waals surface area contributed by atoms with Crippen LogP contribution in [0.25, 0.3) is 66.8 Å². The van der Waals surface area contributed by atoms with Gasteiger partial charge in [-0.1, -0.05) is 206 Å². The highest BCUT2D eigenvalue weighted by atomic mass is 15.1. The average molecular weight is 702 g/mol. The molecule has 1 heteroatoms. The molecule has 0 aromatic heterocycles. The fraction of sp³-hybridized carbons (Fsp3) is 0. The first kappa shape index (κ1) is 33.6. The van der Waals surface area contributed by atoms with E-state index in [9.17, 15) is 0 Å². The SMILES string of the molecule is c1ccc(-c2ccc(N(c3ccc(-c4ccccc4-c4ccccc4)cc3)c3ccccc3-c3ccccc3-c3ccccc3-c3ccccc3)cc2)cc1. The molecule has 0 heterocycles. The van der Waals surface area contributed by atoms with Crippen LogP contribution in [-0.2, 0) is 0 Å². The lowest BCUT2D eigenvalue weighted by atomic mass is 9.88. The maximum atomic E-state index is 2.40. The molecule has 0 aliphatic carbocycles. The molecule has 0 unspecified atom stereocenters. The fourth-order valence-corrected chi connectivity index (χ4v) is 7.69. The summed E-state index contributed by atoms with van der Waals surface area (Å²) in [5.74, 6) is 0. The molecular formula is C54H39N. The molecule has 0 aliphatic heterocycles. The molecule has 9 rings (SSSR count). The average Bonchev–Trinajstić information content (AvgIpc) is 3.28. The summed E-state index contributed by atoms with van der Waals surface area (Å²) in [6.07, 6.45) is 0. The van der Waals surface area contributed by atoms with Crippen molar-refractivity contribution in [3.05, 3.63) is 237 Å². The van der Waals surface area contributed by atoms with Gasteiger partial charge in [-0.05, 0) is 91.5 Å². The maximum absolute atomic E-state index is 2.40. The van der Waals surface area contributed by atoms with Gasteiger partial charge in [0.05, 0.1) is 5.69 Å². The van der Waals surface area contributed by atoms with Crippen LogP contribution in [0.4, 0.5) is 17.1 Å². The summed E-state index contributed by atoms with van der Waals surface area (Å²) in [4.78, 5) is 2.40. The van der Waals surface area contributed by atoms with Crippen LogP contribution < -0.4 is 4.90 Å². The maximum Gasteiger partial charge on any atom is 0.0540 e. The van der Waals surface area contributed by atoms with E-state index in [1.807, 2.05) is 0 Å². The van der Waals surface area contributed by atoms with Crippen molar-refractivity contribution in [2.45, 2.75) is 0 Å². The third-order valence-corrected chi connectivity index (χ3v) is 10.3. The molecule has 9 aromatic carbocycles. The summed E-state index contributed by atoms with van der Waals surface area (Å²) in [5.41, 5.74) is 17.7. The predicted molar refractivity (Wildman–Crippen MR) is 234 cm³/mol. The van der Waals surface area contributed by atoms with E-state index in [-0.39, 0.29) is 0 Å². The highest BCUT2D eigenvalue weighted by Gasteiger charge is 2.20. The molecule has 9 aromatic rings. The minimum atomic E-state index is 1.09. The van der Waals surface area contributed by atoms with Crippen LogP contribution in [-0.4, -0.2) is 0 Å². The Morgan fingerprint density at radius 3 is 0.927 bits per heavy atom. The van der Waals surface area contributed by atoms with Gasteiger partial charge >= 0.3 is 0 Å². The van der Waals surface area contributed by atoms with Crippen molar-refractivity contribution in [2.24, 2.45) is 0 Å². The molecule has 0 N–H and O–H groups in total. The van der Waals surface area contributed by atoms with Crippen LogP contribution in [0.1, 0.15) is 0 Å². The number of nitrogens with zero attached hydrogens (tertiary/aromatic N) is 1. The third kappa shape index (κ3) is 6.88. The Morgan fingerprint density at radius 1 is 0.182 bits per heavy atom. The number of benzene rings is 9. The molecule has 260 valence electrons. The Labute approximate surface area is 324 Å².